The Morgan fingerprint density at radius 3 is 2.73 bits per heavy atom. The minimum Gasteiger partial charge on any atom is -0.398 e. The van der Waals surface area contributed by atoms with Gasteiger partial charge >= 0.3 is 0 Å². The first-order valence-electron chi connectivity index (χ1n) is 7.89. The van der Waals surface area contributed by atoms with Crippen LogP contribution in [0.1, 0.15) is 31.7 Å². The first kappa shape index (κ1) is 13.4. The van der Waals surface area contributed by atoms with Gasteiger partial charge in [0.25, 0.3) is 0 Å². The summed E-state index contributed by atoms with van der Waals surface area (Å²) in [5, 5.41) is 3.11. The van der Waals surface area contributed by atoms with Crippen LogP contribution < -0.4 is 11.1 Å². The predicted octanol–water partition coefficient (Wildman–Crippen LogP) is 3.95. The van der Waals surface area contributed by atoms with Crippen LogP contribution in [0.15, 0.2) is 42.5 Å². The van der Waals surface area contributed by atoms with E-state index in [9.17, 15) is 4.79 Å². The molecule has 1 saturated carbocycles. The molecule has 4 rings (SSSR count). The number of nitrogens with one attached hydrogen (secondary N) is 1. The standard InChI is InChI=1S/C19H20N2O/c1-19(11-12-9-10-12)14-6-3-2-5-13(14)17-15(20)7-4-8-16(17)21-18(19)22/h2-8,12H,9-11,20H2,1H3,(H,21,22). The number of nitrogens with two attached hydrogens (primary N) is 1. The van der Waals surface area contributed by atoms with Gasteiger partial charge in [0.05, 0.1) is 11.1 Å². The fourth-order valence-electron chi connectivity index (χ4n) is 3.64. The van der Waals surface area contributed by atoms with E-state index < -0.39 is 5.41 Å². The molecule has 1 atom stereocenters. The number of hydrogen-bond acceptors (Lipinski definition) is 2. The number of amides is 1. The molecule has 1 aliphatic carbocycles. The number of benzene rings is 2. The van der Waals surface area contributed by atoms with Crippen molar-refractivity contribution < 1.29 is 4.79 Å². The van der Waals surface area contributed by atoms with Gasteiger partial charge in [-0.05, 0) is 42.5 Å². The van der Waals surface area contributed by atoms with E-state index in [0.717, 1.165) is 28.8 Å². The average Bonchev–Trinajstić information content (AvgIpc) is 3.31. The van der Waals surface area contributed by atoms with Gasteiger partial charge in [0.2, 0.25) is 5.91 Å². The molecule has 2 aromatic rings. The largest absolute Gasteiger partial charge is 0.398 e. The van der Waals surface area contributed by atoms with Crippen LogP contribution in [0.2, 0.25) is 0 Å². The normalized spacial score (nSPS) is 23.2. The van der Waals surface area contributed by atoms with Crippen LogP contribution in [0.3, 0.4) is 0 Å². The van der Waals surface area contributed by atoms with E-state index in [4.69, 9.17) is 5.73 Å². The number of carbonyl (C=O) groups is 1. The third kappa shape index (κ3) is 1.92. The van der Waals surface area contributed by atoms with Crippen LogP contribution in [0.4, 0.5) is 11.4 Å². The van der Waals surface area contributed by atoms with Gasteiger partial charge in [-0.1, -0.05) is 43.2 Å². The Balaban J connectivity index is 1.98. The molecule has 1 amide bonds. The lowest BCUT2D eigenvalue weighted by Gasteiger charge is -2.28. The Morgan fingerprint density at radius 1 is 1.18 bits per heavy atom. The van der Waals surface area contributed by atoms with Crippen LogP contribution in [-0.2, 0) is 10.2 Å². The van der Waals surface area contributed by atoms with Gasteiger partial charge in [0.1, 0.15) is 0 Å². The van der Waals surface area contributed by atoms with Crippen molar-refractivity contribution in [2.75, 3.05) is 11.1 Å². The van der Waals surface area contributed by atoms with Gasteiger partial charge in [-0.25, -0.2) is 0 Å². The molecule has 1 aliphatic heterocycles. The number of anilines is 2. The first-order valence-corrected chi connectivity index (χ1v) is 7.89. The molecule has 0 bridgehead atoms. The van der Waals surface area contributed by atoms with E-state index in [1.54, 1.807) is 0 Å². The average molecular weight is 292 g/mol. The molecule has 2 aliphatic rings. The van der Waals surface area contributed by atoms with Crippen molar-refractivity contribution >= 4 is 17.3 Å². The Labute approximate surface area is 130 Å². The molecule has 1 unspecified atom stereocenters. The predicted molar refractivity (Wildman–Crippen MR) is 89.6 cm³/mol. The van der Waals surface area contributed by atoms with E-state index in [0.29, 0.717) is 11.6 Å². The van der Waals surface area contributed by atoms with E-state index >= 15 is 0 Å². The zero-order valence-electron chi connectivity index (χ0n) is 12.7. The van der Waals surface area contributed by atoms with Crippen LogP contribution in [0.5, 0.6) is 0 Å². The summed E-state index contributed by atoms with van der Waals surface area (Å²) >= 11 is 0. The number of hydrogen-bond donors (Lipinski definition) is 2. The molecule has 0 spiro atoms. The summed E-state index contributed by atoms with van der Waals surface area (Å²) in [4.78, 5) is 13.0. The maximum atomic E-state index is 13.0. The van der Waals surface area contributed by atoms with Crippen LogP contribution >= 0.6 is 0 Å². The third-order valence-electron chi connectivity index (χ3n) is 5.03. The topological polar surface area (TPSA) is 55.1 Å². The highest BCUT2D eigenvalue weighted by atomic mass is 16.2. The van der Waals surface area contributed by atoms with Gasteiger partial charge in [-0.15, -0.1) is 0 Å². The second-order valence-corrected chi connectivity index (χ2v) is 6.75. The van der Waals surface area contributed by atoms with Crippen LogP contribution in [-0.4, -0.2) is 5.91 Å². The number of rotatable bonds is 2. The van der Waals surface area contributed by atoms with Crippen molar-refractivity contribution in [2.45, 2.75) is 31.6 Å². The summed E-state index contributed by atoms with van der Waals surface area (Å²) in [5.41, 5.74) is 10.4. The lowest BCUT2D eigenvalue weighted by atomic mass is 9.75. The van der Waals surface area contributed by atoms with Gasteiger partial charge in [0, 0.05) is 11.3 Å². The molecule has 3 heteroatoms. The number of nitrogen functional groups attached to an aromatic ring is 1. The summed E-state index contributed by atoms with van der Waals surface area (Å²) in [6, 6.07) is 13.9. The van der Waals surface area contributed by atoms with Gasteiger partial charge in [-0.2, -0.15) is 0 Å². The summed E-state index contributed by atoms with van der Waals surface area (Å²) < 4.78 is 0. The number of carbonyl (C=O) groups excluding carboxylic acids is 1. The van der Waals surface area contributed by atoms with Crippen LogP contribution in [0, 0.1) is 5.92 Å². The lowest BCUT2D eigenvalue weighted by Crippen LogP contribution is -2.37. The van der Waals surface area contributed by atoms with Gasteiger partial charge < -0.3 is 11.1 Å². The minimum atomic E-state index is -0.497. The van der Waals surface area contributed by atoms with E-state index in [1.807, 2.05) is 30.3 Å². The van der Waals surface area contributed by atoms with Crippen molar-refractivity contribution in [1.29, 1.82) is 0 Å². The molecular weight excluding hydrogens is 272 g/mol. The second kappa shape index (κ2) is 4.60. The highest BCUT2D eigenvalue weighted by Gasteiger charge is 2.43. The van der Waals surface area contributed by atoms with Crippen molar-refractivity contribution in [1.82, 2.24) is 0 Å². The zero-order chi connectivity index (χ0) is 15.3. The second-order valence-electron chi connectivity index (χ2n) is 6.75. The fraction of sp³-hybridized carbons (Fsp3) is 0.316. The van der Waals surface area contributed by atoms with Crippen molar-refractivity contribution in [3.05, 3.63) is 48.0 Å². The zero-order valence-corrected chi connectivity index (χ0v) is 12.7. The molecule has 1 fully saturated rings. The maximum Gasteiger partial charge on any atom is 0.234 e. The van der Waals surface area contributed by atoms with E-state index in [-0.39, 0.29) is 5.91 Å². The molecule has 1 heterocycles. The summed E-state index contributed by atoms with van der Waals surface area (Å²) in [6.07, 6.45) is 3.38. The molecule has 0 aromatic heterocycles. The Morgan fingerprint density at radius 2 is 1.95 bits per heavy atom. The Bertz CT molecular complexity index is 764. The Kier molecular flexibility index (Phi) is 2.80. The van der Waals surface area contributed by atoms with Crippen molar-refractivity contribution in [3.8, 4) is 11.1 Å². The molecule has 112 valence electrons. The van der Waals surface area contributed by atoms with Gasteiger partial charge in [-0.3, -0.25) is 4.79 Å². The minimum absolute atomic E-state index is 0.0798. The summed E-state index contributed by atoms with van der Waals surface area (Å²) in [7, 11) is 0. The molecule has 3 N–H and O–H groups in total. The third-order valence-corrected chi connectivity index (χ3v) is 5.03. The molecular formula is C19H20N2O. The highest BCUT2D eigenvalue weighted by molar-refractivity contribution is 6.07. The van der Waals surface area contributed by atoms with Crippen molar-refractivity contribution in [3.63, 3.8) is 0 Å². The summed E-state index contributed by atoms with van der Waals surface area (Å²) in [6.45, 7) is 2.07. The Hall–Kier alpha value is -2.29. The number of fused-ring (bicyclic) bond motifs is 3. The van der Waals surface area contributed by atoms with E-state index in [2.05, 4.69) is 24.4 Å². The maximum absolute atomic E-state index is 13.0. The fourth-order valence-corrected chi connectivity index (χ4v) is 3.64. The molecule has 2 aromatic carbocycles. The van der Waals surface area contributed by atoms with Crippen LogP contribution in [0.25, 0.3) is 11.1 Å². The highest BCUT2D eigenvalue weighted by Crippen LogP contribution is 2.48. The SMILES string of the molecule is CC1(CC2CC2)C(=O)Nc2cccc(N)c2-c2ccccc21. The van der Waals surface area contributed by atoms with Crippen molar-refractivity contribution in [2.24, 2.45) is 5.92 Å². The lowest BCUT2D eigenvalue weighted by molar-refractivity contribution is -0.121. The summed E-state index contributed by atoms with van der Waals surface area (Å²) in [5.74, 6) is 0.749. The molecule has 0 radical (unpaired) electrons. The molecule has 0 saturated heterocycles. The quantitative estimate of drug-likeness (QED) is 0.824. The monoisotopic (exact) mass is 292 g/mol. The first-order chi connectivity index (χ1) is 10.6. The van der Waals surface area contributed by atoms with E-state index in [1.165, 1.54) is 12.8 Å². The molecule has 3 nitrogen and oxygen atoms in total. The molecule has 22 heavy (non-hydrogen) atoms. The smallest absolute Gasteiger partial charge is 0.234 e. The van der Waals surface area contributed by atoms with Gasteiger partial charge in [0.15, 0.2) is 0 Å².